The van der Waals surface area contributed by atoms with Gasteiger partial charge in [-0.15, -0.1) is 0 Å². The lowest BCUT2D eigenvalue weighted by molar-refractivity contribution is -0.117. The Morgan fingerprint density at radius 3 is 2.58 bits per heavy atom. The van der Waals surface area contributed by atoms with E-state index in [1.807, 2.05) is 50.2 Å². The molecule has 2 aromatic rings. The van der Waals surface area contributed by atoms with Crippen molar-refractivity contribution in [3.05, 3.63) is 65.2 Å². The van der Waals surface area contributed by atoms with E-state index in [4.69, 9.17) is 0 Å². The molecule has 0 bridgehead atoms. The van der Waals surface area contributed by atoms with E-state index in [0.29, 0.717) is 12.0 Å². The van der Waals surface area contributed by atoms with E-state index in [-0.39, 0.29) is 17.9 Å². The Bertz CT molecular complexity index is 752. The van der Waals surface area contributed by atoms with E-state index in [0.717, 1.165) is 24.2 Å². The Labute approximate surface area is 142 Å². The van der Waals surface area contributed by atoms with Crippen molar-refractivity contribution in [3.63, 3.8) is 0 Å². The van der Waals surface area contributed by atoms with E-state index >= 15 is 0 Å². The fraction of sp³-hybridized carbons (Fsp3) is 0.300. The van der Waals surface area contributed by atoms with Crippen LogP contribution in [0.2, 0.25) is 0 Å². The molecule has 0 unspecified atom stereocenters. The molecule has 2 aromatic carbocycles. The molecule has 0 aromatic heterocycles. The number of nitrogens with one attached hydrogen (secondary N) is 1. The van der Waals surface area contributed by atoms with Crippen LogP contribution in [0.15, 0.2) is 48.5 Å². The number of aryl methyl sites for hydroxylation is 1. The normalized spacial score (nSPS) is 15.4. The minimum absolute atomic E-state index is 0.0739. The van der Waals surface area contributed by atoms with Gasteiger partial charge < -0.3 is 10.2 Å². The second-order valence-electron chi connectivity index (χ2n) is 6.31. The fourth-order valence-electron chi connectivity index (χ4n) is 2.95. The maximum atomic E-state index is 12.5. The number of nitrogens with zero attached hydrogens (tertiary/aromatic N) is 1. The third-order valence-corrected chi connectivity index (χ3v) is 4.42. The van der Waals surface area contributed by atoms with E-state index in [1.165, 1.54) is 5.56 Å². The molecule has 1 heterocycles. The largest absolute Gasteiger partial charge is 0.346 e. The fourth-order valence-corrected chi connectivity index (χ4v) is 2.95. The van der Waals surface area contributed by atoms with Crippen LogP contribution in [0.3, 0.4) is 0 Å². The van der Waals surface area contributed by atoms with Gasteiger partial charge in [-0.1, -0.05) is 35.9 Å². The predicted octanol–water partition coefficient (Wildman–Crippen LogP) is 3.61. The number of benzene rings is 2. The molecule has 1 aliphatic rings. The molecule has 0 spiro atoms. The first-order valence-electron chi connectivity index (χ1n) is 8.32. The van der Waals surface area contributed by atoms with Gasteiger partial charge in [0, 0.05) is 24.2 Å². The van der Waals surface area contributed by atoms with Gasteiger partial charge in [0.25, 0.3) is 5.91 Å². The van der Waals surface area contributed by atoms with Gasteiger partial charge in [0.2, 0.25) is 5.91 Å². The number of amides is 2. The molecule has 1 fully saturated rings. The molecule has 1 aliphatic heterocycles. The molecule has 124 valence electrons. The second kappa shape index (κ2) is 6.87. The summed E-state index contributed by atoms with van der Waals surface area (Å²) in [5.41, 5.74) is 3.64. The summed E-state index contributed by atoms with van der Waals surface area (Å²) in [6.07, 6.45) is 1.46. The lowest BCUT2D eigenvalue weighted by Crippen LogP contribution is -2.27. The SMILES string of the molecule is Cc1ccc([C@H](C)NC(=O)c2cccc(N3CCCC3=O)c2)cc1. The number of anilines is 1. The highest BCUT2D eigenvalue weighted by Crippen LogP contribution is 2.22. The first-order chi connectivity index (χ1) is 11.5. The van der Waals surface area contributed by atoms with Gasteiger partial charge in [0.1, 0.15) is 0 Å². The quantitative estimate of drug-likeness (QED) is 0.935. The smallest absolute Gasteiger partial charge is 0.251 e. The maximum absolute atomic E-state index is 12.5. The third-order valence-electron chi connectivity index (χ3n) is 4.42. The summed E-state index contributed by atoms with van der Waals surface area (Å²) in [5, 5.41) is 3.02. The molecule has 2 amide bonds. The zero-order chi connectivity index (χ0) is 17.1. The van der Waals surface area contributed by atoms with Gasteiger partial charge in [-0.05, 0) is 44.0 Å². The van der Waals surface area contributed by atoms with Crippen LogP contribution in [0, 0.1) is 6.92 Å². The van der Waals surface area contributed by atoms with E-state index in [9.17, 15) is 9.59 Å². The average molecular weight is 322 g/mol. The monoisotopic (exact) mass is 322 g/mol. The Hall–Kier alpha value is -2.62. The molecule has 1 atom stereocenters. The average Bonchev–Trinajstić information content (AvgIpc) is 3.01. The predicted molar refractivity (Wildman–Crippen MR) is 95.1 cm³/mol. The number of carbonyl (C=O) groups excluding carboxylic acids is 2. The minimum Gasteiger partial charge on any atom is -0.346 e. The molecule has 0 radical (unpaired) electrons. The van der Waals surface area contributed by atoms with Crippen LogP contribution < -0.4 is 10.2 Å². The van der Waals surface area contributed by atoms with Gasteiger partial charge in [-0.2, -0.15) is 0 Å². The minimum atomic E-state index is -0.128. The van der Waals surface area contributed by atoms with Crippen molar-refractivity contribution >= 4 is 17.5 Å². The van der Waals surface area contributed by atoms with Crippen LogP contribution in [-0.4, -0.2) is 18.4 Å². The lowest BCUT2D eigenvalue weighted by atomic mass is 10.1. The summed E-state index contributed by atoms with van der Waals surface area (Å²) >= 11 is 0. The van der Waals surface area contributed by atoms with E-state index in [1.54, 1.807) is 17.0 Å². The molecule has 3 rings (SSSR count). The molecule has 1 saturated heterocycles. The second-order valence-corrected chi connectivity index (χ2v) is 6.31. The van der Waals surface area contributed by atoms with Crippen molar-refractivity contribution in [1.82, 2.24) is 5.32 Å². The highest BCUT2D eigenvalue weighted by Gasteiger charge is 2.22. The van der Waals surface area contributed by atoms with Crippen molar-refractivity contribution < 1.29 is 9.59 Å². The highest BCUT2D eigenvalue weighted by atomic mass is 16.2. The van der Waals surface area contributed by atoms with Crippen LogP contribution >= 0.6 is 0 Å². The summed E-state index contributed by atoms with van der Waals surface area (Å²) in [5.74, 6) is -0.00264. The van der Waals surface area contributed by atoms with Crippen LogP contribution in [-0.2, 0) is 4.79 Å². The van der Waals surface area contributed by atoms with Gasteiger partial charge >= 0.3 is 0 Å². The third kappa shape index (κ3) is 3.48. The molecular weight excluding hydrogens is 300 g/mol. The summed E-state index contributed by atoms with van der Waals surface area (Å²) in [7, 11) is 0. The molecule has 4 nitrogen and oxygen atoms in total. The van der Waals surface area contributed by atoms with Crippen LogP contribution in [0.1, 0.15) is 47.3 Å². The van der Waals surface area contributed by atoms with Gasteiger partial charge in [0.05, 0.1) is 6.04 Å². The Morgan fingerprint density at radius 1 is 1.17 bits per heavy atom. The zero-order valence-corrected chi connectivity index (χ0v) is 14.1. The van der Waals surface area contributed by atoms with Crippen LogP contribution in [0.25, 0.3) is 0 Å². The van der Waals surface area contributed by atoms with E-state index < -0.39 is 0 Å². The lowest BCUT2D eigenvalue weighted by Gasteiger charge is -2.18. The maximum Gasteiger partial charge on any atom is 0.251 e. The van der Waals surface area contributed by atoms with Crippen LogP contribution in [0.5, 0.6) is 0 Å². The van der Waals surface area contributed by atoms with Crippen molar-refractivity contribution in [2.75, 3.05) is 11.4 Å². The first-order valence-corrected chi connectivity index (χ1v) is 8.32. The molecule has 24 heavy (non-hydrogen) atoms. The van der Waals surface area contributed by atoms with Crippen molar-refractivity contribution in [1.29, 1.82) is 0 Å². The molecule has 0 saturated carbocycles. The Kier molecular flexibility index (Phi) is 4.65. The van der Waals surface area contributed by atoms with Gasteiger partial charge in [-0.25, -0.2) is 0 Å². The Morgan fingerprint density at radius 2 is 1.92 bits per heavy atom. The van der Waals surface area contributed by atoms with Crippen molar-refractivity contribution in [2.24, 2.45) is 0 Å². The Balaban J connectivity index is 1.73. The first kappa shape index (κ1) is 16.2. The summed E-state index contributed by atoms with van der Waals surface area (Å²) in [6.45, 7) is 4.73. The van der Waals surface area contributed by atoms with Crippen molar-refractivity contribution in [2.45, 2.75) is 32.7 Å². The highest BCUT2D eigenvalue weighted by molar-refractivity contribution is 5.99. The number of carbonyl (C=O) groups is 2. The van der Waals surface area contributed by atoms with Crippen molar-refractivity contribution in [3.8, 4) is 0 Å². The van der Waals surface area contributed by atoms with Gasteiger partial charge in [-0.3, -0.25) is 9.59 Å². The summed E-state index contributed by atoms with van der Waals surface area (Å²) in [6, 6.07) is 15.3. The molecule has 1 N–H and O–H groups in total. The number of rotatable bonds is 4. The number of hydrogen-bond donors (Lipinski definition) is 1. The standard InChI is InChI=1S/C20H22N2O2/c1-14-8-10-16(11-9-14)15(2)21-20(24)17-5-3-6-18(13-17)22-12-4-7-19(22)23/h3,5-6,8-11,13,15H,4,7,12H2,1-2H3,(H,21,24)/t15-/m0/s1. The van der Waals surface area contributed by atoms with E-state index in [2.05, 4.69) is 5.32 Å². The molecular formula is C20H22N2O2. The van der Waals surface area contributed by atoms with Crippen LogP contribution in [0.4, 0.5) is 5.69 Å². The number of hydrogen-bond acceptors (Lipinski definition) is 2. The zero-order valence-electron chi connectivity index (χ0n) is 14.1. The molecule has 4 heteroatoms. The summed E-state index contributed by atoms with van der Waals surface area (Å²) < 4.78 is 0. The van der Waals surface area contributed by atoms with Gasteiger partial charge in [0.15, 0.2) is 0 Å². The topological polar surface area (TPSA) is 49.4 Å². The summed E-state index contributed by atoms with van der Waals surface area (Å²) in [4.78, 5) is 26.2. The molecule has 0 aliphatic carbocycles.